The molecule has 3 rings (SSSR count). The lowest BCUT2D eigenvalue weighted by Gasteiger charge is -2.17. The SMILES string of the molecule is CCN(CC)C(=O)Oc1ccc2c(c1)O/C(=C\c1ccccc1C)C2=O. The van der Waals surface area contributed by atoms with Gasteiger partial charge in [-0.1, -0.05) is 24.3 Å². The van der Waals surface area contributed by atoms with Gasteiger partial charge in [-0.25, -0.2) is 4.79 Å². The molecule has 0 unspecified atom stereocenters. The summed E-state index contributed by atoms with van der Waals surface area (Å²) in [5.41, 5.74) is 2.45. The molecule has 1 amide bonds. The van der Waals surface area contributed by atoms with E-state index < -0.39 is 6.09 Å². The van der Waals surface area contributed by atoms with Gasteiger partial charge in [-0.15, -0.1) is 0 Å². The average Bonchev–Trinajstić information content (AvgIpc) is 2.93. The third-order valence-electron chi connectivity index (χ3n) is 4.34. The van der Waals surface area contributed by atoms with E-state index in [1.807, 2.05) is 45.0 Å². The van der Waals surface area contributed by atoms with Crippen LogP contribution in [0.25, 0.3) is 6.08 Å². The summed E-state index contributed by atoms with van der Waals surface area (Å²) in [6.07, 6.45) is 1.31. The smallest absolute Gasteiger partial charge is 0.415 e. The number of hydrogen-bond acceptors (Lipinski definition) is 4. The minimum absolute atomic E-state index is 0.176. The van der Waals surface area contributed by atoms with Gasteiger partial charge in [-0.3, -0.25) is 4.79 Å². The molecule has 1 aliphatic heterocycles. The van der Waals surface area contributed by atoms with E-state index in [1.54, 1.807) is 29.2 Å². The Hall–Kier alpha value is -3.08. The molecule has 0 atom stereocenters. The first-order valence-corrected chi connectivity index (χ1v) is 8.64. The summed E-state index contributed by atoms with van der Waals surface area (Å²) in [7, 11) is 0. The molecule has 1 aliphatic rings. The molecule has 0 radical (unpaired) electrons. The fourth-order valence-electron chi connectivity index (χ4n) is 2.77. The molecule has 2 aromatic rings. The molecule has 0 aliphatic carbocycles. The molecule has 0 saturated heterocycles. The zero-order chi connectivity index (χ0) is 18.7. The normalized spacial score (nSPS) is 14.1. The molecular formula is C21H21NO4. The fraction of sp³-hybridized carbons (Fsp3) is 0.238. The van der Waals surface area contributed by atoms with Crippen LogP contribution in [0.5, 0.6) is 11.5 Å². The first kappa shape index (κ1) is 17.7. The molecule has 5 nitrogen and oxygen atoms in total. The number of fused-ring (bicyclic) bond motifs is 1. The van der Waals surface area contributed by atoms with Crippen molar-refractivity contribution < 1.29 is 19.1 Å². The van der Waals surface area contributed by atoms with Crippen LogP contribution < -0.4 is 9.47 Å². The summed E-state index contributed by atoms with van der Waals surface area (Å²) in [5.74, 6) is 0.844. The highest BCUT2D eigenvalue weighted by Crippen LogP contribution is 2.35. The van der Waals surface area contributed by atoms with E-state index in [4.69, 9.17) is 9.47 Å². The number of allylic oxidation sites excluding steroid dienone is 1. The molecule has 0 fully saturated rings. The van der Waals surface area contributed by atoms with Crippen LogP contribution in [0.1, 0.15) is 35.3 Å². The largest absolute Gasteiger partial charge is 0.452 e. The summed E-state index contributed by atoms with van der Waals surface area (Å²) in [4.78, 5) is 26.2. The van der Waals surface area contributed by atoms with Gasteiger partial charge < -0.3 is 14.4 Å². The van der Waals surface area contributed by atoms with E-state index in [0.29, 0.717) is 30.2 Å². The van der Waals surface area contributed by atoms with Crippen LogP contribution in [0.15, 0.2) is 48.2 Å². The number of ketones is 1. The number of rotatable bonds is 4. The van der Waals surface area contributed by atoms with Gasteiger partial charge in [0.25, 0.3) is 0 Å². The first-order valence-electron chi connectivity index (χ1n) is 8.64. The summed E-state index contributed by atoms with van der Waals surface area (Å²) in [6, 6.07) is 12.6. The van der Waals surface area contributed by atoms with Gasteiger partial charge in [0.1, 0.15) is 11.5 Å². The second kappa shape index (κ2) is 7.44. The molecule has 134 valence electrons. The molecule has 1 heterocycles. The Balaban J connectivity index is 1.82. The Kier molecular flexibility index (Phi) is 5.07. The number of ether oxygens (including phenoxy) is 2. The van der Waals surface area contributed by atoms with E-state index in [1.165, 1.54) is 0 Å². The van der Waals surface area contributed by atoms with Gasteiger partial charge in [0, 0.05) is 19.2 Å². The van der Waals surface area contributed by atoms with E-state index in [2.05, 4.69) is 0 Å². The molecule has 0 aromatic heterocycles. The van der Waals surface area contributed by atoms with Gasteiger partial charge in [0.15, 0.2) is 5.76 Å². The predicted octanol–water partition coefficient (Wildman–Crippen LogP) is 4.45. The molecule has 0 N–H and O–H groups in total. The zero-order valence-electron chi connectivity index (χ0n) is 15.1. The van der Waals surface area contributed by atoms with Crippen molar-refractivity contribution in [1.82, 2.24) is 4.90 Å². The Bertz CT molecular complexity index is 881. The summed E-state index contributed by atoms with van der Waals surface area (Å²) >= 11 is 0. The highest BCUT2D eigenvalue weighted by Gasteiger charge is 2.28. The zero-order valence-corrected chi connectivity index (χ0v) is 15.1. The number of benzene rings is 2. The van der Waals surface area contributed by atoms with Gasteiger partial charge in [0.05, 0.1) is 5.56 Å². The lowest BCUT2D eigenvalue weighted by Crippen LogP contribution is -2.33. The predicted molar refractivity (Wildman–Crippen MR) is 99.5 cm³/mol. The molecule has 0 saturated carbocycles. The number of aryl methyl sites for hydroxylation is 1. The Morgan fingerprint density at radius 3 is 2.58 bits per heavy atom. The van der Waals surface area contributed by atoms with Crippen molar-refractivity contribution in [2.24, 2.45) is 0 Å². The molecule has 5 heteroatoms. The van der Waals surface area contributed by atoms with E-state index in [0.717, 1.165) is 11.1 Å². The van der Waals surface area contributed by atoms with Crippen molar-refractivity contribution in [3.63, 3.8) is 0 Å². The number of Topliss-reactive ketones (excluding diaryl/α,β-unsaturated/α-hetero) is 1. The number of hydrogen-bond donors (Lipinski definition) is 0. The second-order valence-electron chi connectivity index (χ2n) is 5.99. The van der Waals surface area contributed by atoms with Crippen molar-refractivity contribution in [2.75, 3.05) is 13.1 Å². The van der Waals surface area contributed by atoms with E-state index >= 15 is 0 Å². The van der Waals surface area contributed by atoms with Crippen LogP contribution in [0.4, 0.5) is 4.79 Å². The third kappa shape index (κ3) is 3.47. The van der Waals surface area contributed by atoms with Gasteiger partial charge in [0.2, 0.25) is 5.78 Å². The van der Waals surface area contributed by atoms with Gasteiger partial charge in [-0.05, 0) is 50.1 Å². The Morgan fingerprint density at radius 1 is 1.15 bits per heavy atom. The van der Waals surface area contributed by atoms with Crippen molar-refractivity contribution >= 4 is 18.0 Å². The van der Waals surface area contributed by atoms with Crippen LogP contribution in [0.3, 0.4) is 0 Å². The van der Waals surface area contributed by atoms with Crippen LogP contribution in [-0.4, -0.2) is 29.9 Å². The number of nitrogens with zero attached hydrogens (tertiary/aromatic N) is 1. The summed E-state index contributed by atoms with van der Waals surface area (Å²) < 4.78 is 11.1. The monoisotopic (exact) mass is 351 g/mol. The van der Waals surface area contributed by atoms with E-state index in [9.17, 15) is 9.59 Å². The highest BCUT2D eigenvalue weighted by molar-refractivity contribution is 6.14. The van der Waals surface area contributed by atoms with E-state index in [-0.39, 0.29) is 11.5 Å². The minimum Gasteiger partial charge on any atom is -0.452 e. The van der Waals surface area contributed by atoms with Gasteiger partial charge in [-0.2, -0.15) is 0 Å². The van der Waals surface area contributed by atoms with Crippen LogP contribution in [-0.2, 0) is 0 Å². The van der Waals surface area contributed by atoms with Crippen LogP contribution >= 0.6 is 0 Å². The lowest BCUT2D eigenvalue weighted by molar-refractivity contribution is 0.101. The van der Waals surface area contributed by atoms with Crippen molar-refractivity contribution in [2.45, 2.75) is 20.8 Å². The number of carbonyl (C=O) groups excluding carboxylic acids is 2. The van der Waals surface area contributed by atoms with Crippen molar-refractivity contribution in [1.29, 1.82) is 0 Å². The molecule has 0 spiro atoms. The van der Waals surface area contributed by atoms with Crippen LogP contribution in [0, 0.1) is 6.92 Å². The standard InChI is InChI=1S/C21H21NO4/c1-4-22(5-2)21(24)25-16-10-11-17-18(13-16)26-19(20(17)23)12-15-9-7-6-8-14(15)3/h6-13H,4-5H2,1-3H3/b19-12-. The number of amides is 1. The summed E-state index contributed by atoms with van der Waals surface area (Å²) in [6.45, 7) is 6.89. The topological polar surface area (TPSA) is 55.8 Å². The maximum Gasteiger partial charge on any atom is 0.415 e. The third-order valence-corrected chi connectivity index (χ3v) is 4.34. The number of carbonyl (C=O) groups is 2. The van der Waals surface area contributed by atoms with Gasteiger partial charge >= 0.3 is 6.09 Å². The highest BCUT2D eigenvalue weighted by atomic mass is 16.6. The van der Waals surface area contributed by atoms with Crippen molar-refractivity contribution in [3.05, 3.63) is 64.9 Å². The minimum atomic E-state index is -0.421. The quantitative estimate of drug-likeness (QED) is 0.764. The molecule has 26 heavy (non-hydrogen) atoms. The summed E-state index contributed by atoms with van der Waals surface area (Å²) in [5, 5.41) is 0. The first-order chi connectivity index (χ1) is 12.5. The Morgan fingerprint density at radius 2 is 1.88 bits per heavy atom. The van der Waals surface area contributed by atoms with Crippen molar-refractivity contribution in [3.8, 4) is 11.5 Å². The van der Waals surface area contributed by atoms with Crippen LogP contribution in [0.2, 0.25) is 0 Å². The second-order valence-corrected chi connectivity index (χ2v) is 5.99. The molecule has 2 aromatic carbocycles. The average molecular weight is 351 g/mol. The fourth-order valence-corrected chi connectivity index (χ4v) is 2.77. The molecular weight excluding hydrogens is 330 g/mol. The maximum absolute atomic E-state index is 12.5. The maximum atomic E-state index is 12.5. The lowest BCUT2D eigenvalue weighted by atomic mass is 10.1. The molecule has 0 bridgehead atoms. The Labute approximate surface area is 152 Å².